The minimum Gasteiger partial charge on any atom is -0.480 e. The van der Waals surface area contributed by atoms with Crippen molar-refractivity contribution in [2.24, 2.45) is 5.92 Å². The third-order valence-electron chi connectivity index (χ3n) is 4.18. The van der Waals surface area contributed by atoms with Crippen molar-refractivity contribution >= 4 is 11.9 Å². The molecular formula is C15H19NO5. The molecule has 0 radical (unpaired) electrons. The van der Waals surface area contributed by atoms with E-state index in [0.29, 0.717) is 43.3 Å². The molecule has 0 bridgehead atoms. The summed E-state index contributed by atoms with van der Waals surface area (Å²) in [6.07, 6.45) is 4.84. The van der Waals surface area contributed by atoms with Crippen LogP contribution in [0.25, 0.3) is 0 Å². The van der Waals surface area contributed by atoms with Gasteiger partial charge in [0.15, 0.2) is 0 Å². The Morgan fingerprint density at radius 3 is 2.57 bits per heavy atom. The Balaban J connectivity index is 1.71. The summed E-state index contributed by atoms with van der Waals surface area (Å²) in [5.74, 6) is -0.441. The molecule has 21 heavy (non-hydrogen) atoms. The lowest BCUT2D eigenvalue weighted by Crippen LogP contribution is -2.47. The Bertz CT molecular complexity index is 528. The minimum atomic E-state index is -0.994. The average Bonchev–Trinajstić information content (AvgIpc) is 3.22. The van der Waals surface area contributed by atoms with Gasteiger partial charge in [-0.15, -0.1) is 0 Å². The van der Waals surface area contributed by atoms with Crippen LogP contribution < -0.4 is 5.32 Å². The van der Waals surface area contributed by atoms with Crippen LogP contribution >= 0.6 is 0 Å². The summed E-state index contributed by atoms with van der Waals surface area (Å²) in [7, 11) is 0. The van der Waals surface area contributed by atoms with Crippen molar-refractivity contribution in [2.75, 3.05) is 13.2 Å². The zero-order chi connectivity index (χ0) is 14.8. The molecule has 1 aromatic rings. The SMILES string of the molecule is O=C(NC(C(=O)O)C1CCOCC1)c1ccoc1C1CC1. The Morgan fingerprint density at radius 2 is 1.95 bits per heavy atom. The standard InChI is InChI=1S/C15H19NO5/c17-14(11-5-8-21-13(11)10-1-2-10)16-12(15(18)19)9-3-6-20-7-4-9/h5,8-10,12H,1-4,6-7H2,(H,16,17)(H,18,19). The smallest absolute Gasteiger partial charge is 0.326 e. The quantitative estimate of drug-likeness (QED) is 0.863. The molecule has 114 valence electrons. The fraction of sp³-hybridized carbons (Fsp3) is 0.600. The summed E-state index contributed by atoms with van der Waals surface area (Å²) in [5.41, 5.74) is 0.468. The molecule has 2 aliphatic rings. The number of hydrogen-bond donors (Lipinski definition) is 2. The molecule has 1 saturated carbocycles. The molecule has 0 aromatic carbocycles. The van der Waals surface area contributed by atoms with E-state index in [-0.39, 0.29) is 11.8 Å². The fourth-order valence-corrected chi connectivity index (χ4v) is 2.82. The Kier molecular flexibility index (Phi) is 3.96. The van der Waals surface area contributed by atoms with Gasteiger partial charge >= 0.3 is 5.97 Å². The summed E-state index contributed by atoms with van der Waals surface area (Å²) < 4.78 is 10.6. The van der Waals surface area contributed by atoms with E-state index in [0.717, 1.165) is 12.8 Å². The molecule has 1 amide bonds. The van der Waals surface area contributed by atoms with E-state index >= 15 is 0 Å². The number of rotatable bonds is 5. The molecule has 1 unspecified atom stereocenters. The monoisotopic (exact) mass is 293 g/mol. The summed E-state index contributed by atoms with van der Waals surface area (Å²) in [5, 5.41) is 12.0. The molecule has 2 heterocycles. The van der Waals surface area contributed by atoms with Gasteiger partial charge in [0.2, 0.25) is 0 Å². The van der Waals surface area contributed by atoms with Crippen LogP contribution in [0.15, 0.2) is 16.7 Å². The van der Waals surface area contributed by atoms with Gasteiger partial charge < -0.3 is 19.6 Å². The van der Waals surface area contributed by atoms with Gasteiger partial charge in [0, 0.05) is 19.1 Å². The van der Waals surface area contributed by atoms with Crippen LogP contribution in [0.5, 0.6) is 0 Å². The Hall–Kier alpha value is -1.82. The molecule has 3 rings (SSSR count). The number of carboxylic acids is 1. The number of hydrogen-bond acceptors (Lipinski definition) is 4. The van der Waals surface area contributed by atoms with Crippen LogP contribution in [0, 0.1) is 5.92 Å². The summed E-state index contributed by atoms with van der Waals surface area (Å²) in [6, 6.07) is 0.745. The molecule has 1 aliphatic carbocycles. The van der Waals surface area contributed by atoms with Gasteiger partial charge in [0.1, 0.15) is 11.8 Å². The van der Waals surface area contributed by atoms with Gasteiger partial charge in [-0.25, -0.2) is 4.79 Å². The van der Waals surface area contributed by atoms with Crippen molar-refractivity contribution < 1.29 is 23.8 Å². The molecule has 1 aliphatic heterocycles. The highest BCUT2D eigenvalue weighted by Gasteiger charge is 2.35. The molecule has 2 fully saturated rings. The number of nitrogens with one attached hydrogen (secondary N) is 1. The molecule has 2 N–H and O–H groups in total. The second-order valence-corrected chi connectivity index (χ2v) is 5.71. The van der Waals surface area contributed by atoms with Crippen LogP contribution in [0.1, 0.15) is 47.7 Å². The number of carboxylic acid groups (broad SMARTS) is 1. The van der Waals surface area contributed by atoms with E-state index in [4.69, 9.17) is 9.15 Å². The van der Waals surface area contributed by atoms with Crippen LogP contribution in [-0.4, -0.2) is 36.2 Å². The Morgan fingerprint density at radius 1 is 1.24 bits per heavy atom. The maximum Gasteiger partial charge on any atom is 0.326 e. The van der Waals surface area contributed by atoms with Crippen LogP contribution in [0.3, 0.4) is 0 Å². The topological polar surface area (TPSA) is 88.8 Å². The van der Waals surface area contributed by atoms with Gasteiger partial charge in [-0.3, -0.25) is 4.79 Å². The highest BCUT2D eigenvalue weighted by atomic mass is 16.5. The maximum atomic E-state index is 12.4. The van der Waals surface area contributed by atoms with Crippen LogP contribution in [0.4, 0.5) is 0 Å². The van der Waals surface area contributed by atoms with E-state index in [1.165, 1.54) is 6.26 Å². The summed E-state index contributed by atoms with van der Waals surface area (Å²) in [4.78, 5) is 23.8. The van der Waals surface area contributed by atoms with E-state index in [1.807, 2.05) is 0 Å². The van der Waals surface area contributed by atoms with Gasteiger partial charge in [-0.05, 0) is 37.7 Å². The zero-order valence-electron chi connectivity index (χ0n) is 11.7. The summed E-state index contributed by atoms with van der Waals surface area (Å²) >= 11 is 0. The first kappa shape index (κ1) is 14.1. The first-order valence-corrected chi connectivity index (χ1v) is 7.35. The average molecular weight is 293 g/mol. The first-order chi connectivity index (χ1) is 10.2. The van der Waals surface area contributed by atoms with Crippen molar-refractivity contribution in [1.29, 1.82) is 0 Å². The summed E-state index contributed by atoms with van der Waals surface area (Å²) in [6.45, 7) is 1.09. The van der Waals surface area contributed by atoms with E-state index in [2.05, 4.69) is 5.32 Å². The maximum absolute atomic E-state index is 12.4. The van der Waals surface area contributed by atoms with E-state index in [1.54, 1.807) is 6.07 Å². The first-order valence-electron chi connectivity index (χ1n) is 7.35. The van der Waals surface area contributed by atoms with Gasteiger partial charge in [-0.1, -0.05) is 0 Å². The van der Waals surface area contributed by atoms with Gasteiger partial charge in [0.05, 0.1) is 11.8 Å². The highest BCUT2D eigenvalue weighted by molar-refractivity contribution is 5.97. The third-order valence-corrected chi connectivity index (χ3v) is 4.18. The van der Waals surface area contributed by atoms with Gasteiger partial charge in [0.25, 0.3) is 5.91 Å². The molecule has 6 heteroatoms. The normalized spacial score (nSPS) is 21.0. The fourth-order valence-electron chi connectivity index (χ4n) is 2.82. The van der Waals surface area contributed by atoms with Crippen molar-refractivity contribution in [3.8, 4) is 0 Å². The van der Waals surface area contributed by atoms with E-state index < -0.39 is 12.0 Å². The van der Waals surface area contributed by atoms with Crippen LogP contribution in [-0.2, 0) is 9.53 Å². The number of furan rings is 1. The molecule has 1 aromatic heterocycles. The second kappa shape index (κ2) is 5.89. The van der Waals surface area contributed by atoms with Crippen molar-refractivity contribution in [3.05, 3.63) is 23.7 Å². The predicted octanol–water partition coefficient (Wildman–Crippen LogP) is 1.77. The third kappa shape index (κ3) is 3.10. The van der Waals surface area contributed by atoms with Crippen molar-refractivity contribution in [2.45, 2.75) is 37.6 Å². The zero-order valence-corrected chi connectivity index (χ0v) is 11.7. The number of carbonyl (C=O) groups excluding carboxylic acids is 1. The lowest BCUT2D eigenvalue weighted by molar-refractivity contribution is -0.141. The van der Waals surface area contributed by atoms with Crippen molar-refractivity contribution in [3.63, 3.8) is 0 Å². The number of ether oxygens (including phenoxy) is 1. The number of aliphatic carboxylic acids is 1. The lowest BCUT2D eigenvalue weighted by Gasteiger charge is -2.28. The molecule has 6 nitrogen and oxygen atoms in total. The highest BCUT2D eigenvalue weighted by Crippen LogP contribution is 2.42. The number of amides is 1. The minimum absolute atomic E-state index is 0.0866. The largest absolute Gasteiger partial charge is 0.480 e. The Labute approximate surface area is 122 Å². The molecular weight excluding hydrogens is 274 g/mol. The predicted molar refractivity (Wildman–Crippen MR) is 73.1 cm³/mol. The van der Waals surface area contributed by atoms with Crippen LogP contribution in [0.2, 0.25) is 0 Å². The van der Waals surface area contributed by atoms with Crippen molar-refractivity contribution in [1.82, 2.24) is 5.32 Å². The molecule has 1 saturated heterocycles. The second-order valence-electron chi connectivity index (χ2n) is 5.71. The number of carbonyl (C=O) groups is 2. The van der Waals surface area contributed by atoms with Gasteiger partial charge in [-0.2, -0.15) is 0 Å². The molecule has 0 spiro atoms. The molecule has 1 atom stereocenters. The van der Waals surface area contributed by atoms with E-state index in [9.17, 15) is 14.7 Å². The lowest BCUT2D eigenvalue weighted by atomic mass is 9.91.